The van der Waals surface area contributed by atoms with Gasteiger partial charge in [0.05, 0.1) is 12.0 Å². The van der Waals surface area contributed by atoms with Gasteiger partial charge in [-0.15, -0.1) is 0 Å². The van der Waals surface area contributed by atoms with Crippen molar-refractivity contribution < 1.29 is 17.3 Å². The molecule has 0 aromatic heterocycles. The molecule has 3 aromatic rings. The Labute approximate surface area is 192 Å². The highest BCUT2D eigenvalue weighted by atomic mass is 32.2. The smallest absolute Gasteiger partial charge is 0.297 e. The average molecular weight is 453 g/mol. The van der Waals surface area contributed by atoms with Crippen molar-refractivity contribution in [3.63, 3.8) is 0 Å². The molecule has 3 rings (SSSR count). The van der Waals surface area contributed by atoms with Gasteiger partial charge >= 0.3 is 0 Å². The van der Waals surface area contributed by atoms with Gasteiger partial charge in [-0.1, -0.05) is 74.9 Å². The van der Waals surface area contributed by atoms with Crippen molar-refractivity contribution in [3.05, 3.63) is 95.1 Å². The van der Waals surface area contributed by atoms with Crippen molar-refractivity contribution in [2.75, 3.05) is 7.11 Å². The number of hydrogen-bond acceptors (Lipinski definition) is 4. The summed E-state index contributed by atoms with van der Waals surface area (Å²) in [6.07, 6.45) is 0.496. The molecule has 0 saturated heterocycles. The Balaban J connectivity index is 2.01. The Kier molecular flexibility index (Phi) is 7.42. The van der Waals surface area contributed by atoms with Gasteiger partial charge in [-0.2, -0.15) is 8.42 Å². The third-order valence-corrected chi connectivity index (χ3v) is 6.87. The van der Waals surface area contributed by atoms with Crippen LogP contribution in [-0.4, -0.2) is 15.5 Å². The molecular formula is C27H32O4S. The van der Waals surface area contributed by atoms with Gasteiger partial charge in [0.25, 0.3) is 10.1 Å². The molecule has 0 N–H and O–H groups in total. The molecule has 0 saturated carbocycles. The van der Waals surface area contributed by atoms with Crippen molar-refractivity contribution in [2.45, 2.75) is 57.0 Å². The summed E-state index contributed by atoms with van der Waals surface area (Å²) in [7, 11) is -2.36. The van der Waals surface area contributed by atoms with Gasteiger partial charge in [-0.05, 0) is 60.6 Å². The largest absolute Gasteiger partial charge is 0.496 e. The monoisotopic (exact) mass is 452 g/mol. The van der Waals surface area contributed by atoms with E-state index in [9.17, 15) is 8.42 Å². The second-order valence-electron chi connectivity index (χ2n) is 9.08. The normalized spacial score (nSPS) is 13.0. The summed E-state index contributed by atoms with van der Waals surface area (Å²) in [6, 6.07) is 22.6. The van der Waals surface area contributed by atoms with Crippen LogP contribution in [0.5, 0.6) is 5.75 Å². The van der Waals surface area contributed by atoms with Crippen LogP contribution in [0.1, 0.15) is 55.5 Å². The summed E-state index contributed by atoms with van der Waals surface area (Å²) in [5, 5.41) is 0. The molecular weight excluding hydrogens is 420 g/mol. The minimum Gasteiger partial charge on any atom is -0.496 e. The van der Waals surface area contributed by atoms with E-state index >= 15 is 0 Å². The van der Waals surface area contributed by atoms with E-state index < -0.39 is 16.2 Å². The van der Waals surface area contributed by atoms with Crippen LogP contribution >= 0.6 is 0 Å². The number of rotatable bonds is 8. The lowest BCUT2D eigenvalue weighted by Gasteiger charge is -2.25. The van der Waals surface area contributed by atoms with Crippen LogP contribution in [-0.2, 0) is 26.1 Å². The molecule has 0 amide bonds. The predicted octanol–water partition coefficient (Wildman–Crippen LogP) is 6.38. The zero-order chi connectivity index (χ0) is 23.4. The van der Waals surface area contributed by atoms with Crippen LogP contribution in [0.2, 0.25) is 0 Å². The summed E-state index contributed by atoms with van der Waals surface area (Å²) in [5.74, 6) is 0.621. The first-order valence-corrected chi connectivity index (χ1v) is 12.2. The molecule has 0 aliphatic heterocycles. The Bertz CT molecular complexity index is 1130. The zero-order valence-corrected chi connectivity index (χ0v) is 20.3. The van der Waals surface area contributed by atoms with Gasteiger partial charge in [0.1, 0.15) is 11.9 Å². The van der Waals surface area contributed by atoms with Crippen LogP contribution in [0.25, 0.3) is 0 Å². The average Bonchev–Trinajstić information content (AvgIpc) is 2.76. The van der Waals surface area contributed by atoms with Crippen molar-refractivity contribution in [2.24, 2.45) is 0 Å². The fraction of sp³-hybridized carbons (Fsp3) is 0.333. The molecule has 4 nitrogen and oxygen atoms in total. The van der Waals surface area contributed by atoms with E-state index in [-0.39, 0.29) is 10.3 Å². The highest BCUT2D eigenvalue weighted by Gasteiger charge is 2.27. The summed E-state index contributed by atoms with van der Waals surface area (Å²) in [6.45, 7) is 8.30. The molecule has 1 atom stereocenters. The van der Waals surface area contributed by atoms with E-state index in [1.807, 2.05) is 55.5 Å². The first-order valence-electron chi connectivity index (χ1n) is 10.8. The molecule has 0 spiro atoms. The van der Waals surface area contributed by atoms with Gasteiger partial charge in [-0.25, -0.2) is 0 Å². The van der Waals surface area contributed by atoms with E-state index in [0.717, 1.165) is 22.3 Å². The molecule has 0 aliphatic rings. The highest BCUT2D eigenvalue weighted by molar-refractivity contribution is 7.86. The van der Waals surface area contributed by atoms with Gasteiger partial charge in [0.2, 0.25) is 0 Å². The van der Waals surface area contributed by atoms with Crippen LogP contribution in [0, 0.1) is 6.92 Å². The first-order chi connectivity index (χ1) is 15.1. The molecule has 0 fully saturated rings. The molecule has 0 aliphatic carbocycles. The molecule has 0 heterocycles. The number of aryl methyl sites for hydroxylation is 2. The topological polar surface area (TPSA) is 52.6 Å². The second-order valence-corrected chi connectivity index (χ2v) is 10.7. The summed E-state index contributed by atoms with van der Waals surface area (Å²) in [4.78, 5) is 0.152. The molecule has 5 heteroatoms. The maximum atomic E-state index is 13.2. The quantitative estimate of drug-likeness (QED) is 0.372. The molecule has 32 heavy (non-hydrogen) atoms. The number of benzene rings is 3. The van der Waals surface area contributed by atoms with Crippen molar-refractivity contribution in [1.29, 1.82) is 0 Å². The number of ether oxygens (including phenoxy) is 1. The maximum Gasteiger partial charge on any atom is 0.297 e. The van der Waals surface area contributed by atoms with Gasteiger partial charge in [0, 0.05) is 5.56 Å². The fourth-order valence-electron chi connectivity index (χ4n) is 3.56. The maximum absolute atomic E-state index is 13.2. The molecule has 1 unspecified atom stereocenters. The van der Waals surface area contributed by atoms with Gasteiger partial charge in [-0.3, -0.25) is 4.18 Å². The zero-order valence-electron chi connectivity index (χ0n) is 19.5. The minimum atomic E-state index is -3.96. The lowest BCUT2D eigenvalue weighted by molar-refractivity contribution is 0.198. The Morgan fingerprint density at radius 1 is 0.906 bits per heavy atom. The summed E-state index contributed by atoms with van der Waals surface area (Å²) >= 11 is 0. The fourth-order valence-corrected chi connectivity index (χ4v) is 4.65. The van der Waals surface area contributed by atoms with Crippen LogP contribution in [0.15, 0.2) is 77.7 Å². The van der Waals surface area contributed by atoms with E-state index in [4.69, 9.17) is 8.92 Å². The summed E-state index contributed by atoms with van der Waals surface area (Å²) in [5.41, 5.74) is 3.85. The van der Waals surface area contributed by atoms with Gasteiger partial charge < -0.3 is 4.74 Å². The predicted molar refractivity (Wildman–Crippen MR) is 129 cm³/mol. The van der Waals surface area contributed by atoms with Crippen LogP contribution in [0.4, 0.5) is 0 Å². The van der Waals surface area contributed by atoms with E-state index in [1.54, 1.807) is 31.4 Å². The SMILES string of the molecule is COc1ccc(C(C)(C)C)cc1C(CCc1ccccc1)OS(=O)(=O)c1ccc(C)cc1. The molecule has 170 valence electrons. The van der Waals surface area contributed by atoms with Gasteiger partial charge in [0.15, 0.2) is 0 Å². The second kappa shape index (κ2) is 9.88. The third kappa shape index (κ3) is 5.99. The lowest BCUT2D eigenvalue weighted by atomic mass is 9.85. The van der Waals surface area contributed by atoms with E-state index in [1.165, 1.54) is 0 Å². The minimum absolute atomic E-state index is 0.0964. The van der Waals surface area contributed by atoms with Crippen molar-refractivity contribution in [3.8, 4) is 5.75 Å². The van der Waals surface area contributed by atoms with Crippen LogP contribution < -0.4 is 4.74 Å². The standard InChI is InChI=1S/C27H32O4S/c1-20-11-15-23(16-12-20)32(28,29)31-26(17-13-21-9-7-6-8-10-21)24-19-22(27(2,3)4)14-18-25(24)30-5/h6-12,14-16,18-19,26H,13,17H2,1-5H3. The number of hydrogen-bond donors (Lipinski definition) is 0. The first kappa shape index (κ1) is 24.0. The summed E-state index contributed by atoms with van der Waals surface area (Å²) < 4.78 is 37.8. The van der Waals surface area contributed by atoms with Crippen molar-refractivity contribution >= 4 is 10.1 Å². The molecule has 0 bridgehead atoms. The number of methoxy groups -OCH3 is 1. The molecule has 3 aromatic carbocycles. The van der Waals surface area contributed by atoms with E-state index in [0.29, 0.717) is 18.6 Å². The van der Waals surface area contributed by atoms with Crippen LogP contribution in [0.3, 0.4) is 0 Å². The Hall–Kier alpha value is -2.63. The lowest BCUT2D eigenvalue weighted by Crippen LogP contribution is -2.17. The Morgan fingerprint density at radius 2 is 1.56 bits per heavy atom. The third-order valence-electron chi connectivity index (χ3n) is 5.53. The highest BCUT2D eigenvalue weighted by Crippen LogP contribution is 2.37. The van der Waals surface area contributed by atoms with Crippen molar-refractivity contribution in [1.82, 2.24) is 0 Å². The molecule has 0 radical (unpaired) electrons. The Morgan fingerprint density at radius 3 is 2.16 bits per heavy atom. The van der Waals surface area contributed by atoms with E-state index in [2.05, 4.69) is 20.8 Å².